The van der Waals surface area contributed by atoms with Gasteiger partial charge in [0.05, 0.1) is 0 Å². The number of hydrogen-bond acceptors (Lipinski definition) is 3. The second-order valence-corrected chi connectivity index (χ2v) is 7.44. The van der Waals surface area contributed by atoms with Crippen molar-refractivity contribution in [3.8, 4) is 0 Å². The second-order valence-electron chi connectivity index (χ2n) is 7.44. The molecule has 1 fully saturated rings. The van der Waals surface area contributed by atoms with Crippen molar-refractivity contribution in [1.82, 2.24) is 20.1 Å². The summed E-state index contributed by atoms with van der Waals surface area (Å²) in [4.78, 5) is 20.7. The van der Waals surface area contributed by atoms with Crippen molar-refractivity contribution in [3.63, 3.8) is 0 Å². The highest BCUT2D eigenvalue weighted by atomic mass is 16.2. The molecule has 0 radical (unpaired) electrons. The molecule has 5 nitrogen and oxygen atoms in total. The number of carbonyl (C=O) groups is 1. The highest BCUT2D eigenvalue weighted by Crippen LogP contribution is 2.26. The number of benzene rings is 1. The van der Waals surface area contributed by atoms with E-state index in [2.05, 4.69) is 45.5 Å². The zero-order valence-corrected chi connectivity index (χ0v) is 16.4. The molecule has 2 aromatic rings. The van der Waals surface area contributed by atoms with Gasteiger partial charge < -0.3 is 15.1 Å². The van der Waals surface area contributed by atoms with E-state index in [0.717, 1.165) is 30.9 Å². The first kappa shape index (κ1) is 19.4. The predicted octanol–water partition coefficient (Wildman–Crippen LogP) is 3.41. The Morgan fingerprint density at radius 2 is 2.11 bits per heavy atom. The van der Waals surface area contributed by atoms with Gasteiger partial charge in [-0.25, -0.2) is 4.79 Å². The van der Waals surface area contributed by atoms with Crippen LogP contribution in [0.1, 0.15) is 35.6 Å². The van der Waals surface area contributed by atoms with Crippen molar-refractivity contribution < 1.29 is 4.79 Å². The fourth-order valence-electron chi connectivity index (χ4n) is 3.76. The van der Waals surface area contributed by atoms with Crippen molar-refractivity contribution in [2.24, 2.45) is 0 Å². The van der Waals surface area contributed by atoms with E-state index in [4.69, 9.17) is 0 Å². The maximum absolute atomic E-state index is 12.3. The minimum atomic E-state index is -0.0268. The molecule has 1 saturated heterocycles. The summed E-state index contributed by atoms with van der Waals surface area (Å²) in [6, 6.07) is 14.7. The molecule has 0 spiro atoms. The zero-order chi connectivity index (χ0) is 19.1. The van der Waals surface area contributed by atoms with Gasteiger partial charge in [0, 0.05) is 45.1 Å². The lowest BCUT2D eigenvalue weighted by atomic mass is 9.91. The van der Waals surface area contributed by atoms with Gasteiger partial charge in [-0.15, -0.1) is 0 Å². The molecular formula is C22H30N4O. The second kappa shape index (κ2) is 9.51. The van der Waals surface area contributed by atoms with Gasteiger partial charge in [0.1, 0.15) is 0 Å². The van der Waals surface area contributed by atoms with Gasteiger partial charge in [-0.2, -0.15) is 0 Å². The Balaban J connectivity index is 1.41. The monoisotopic (exact) mass is 366 g/mol. The van der Waals surface area contributed by atoms with Crippen LogP contribution in [0.3, 0.4) is 0 Å². The first-order valence-electron chi connectivity index (χ1n) is 9.79. The molecule has 2 heterocycles. The van der Waals surface area contributed by atoms with E-state index in [0.29, 0.717) is 19.0 Å². The maximum Gasteiger partial charge on any atom is 0.317 e. The number of nitrogens with zero attached hydrogens (tertiary/aromatic N) is 3. The summed E-state index contributed by atoms with van der Waals surface area (Å²) in [5.41, 5.74) is 3.50. The molecule has 1 N–H and O–H groups in total. The lowest BCUT2D eigenvalue weighted by Crippen LogP contribution is -2.43. The molecule has 0 bridgehead atoms. The van der Waals surface area contributed by atoms with Crippen molar-refractivity contribution in [3.05, 3.63) is 65.5 Å². The van der Waals surface area contributed by atoms with Crippen LogP contribution in [-0.2, 0) is 6.54 Å². The minimum Gasteiger partial charge on any atom is -0.337 e. The van der Waals surface area contributed by atoms with E-state index in [1.54, 1.807) is 11.1 Å². The molecule has 0 unspecified atom stereocenters. The van der Waals surface area contributed by atoms with E-state index in [9.17, 15) is 4.79 Å². The summed E-state index contributed by atoms with van der Waals surface area (Å²) in [6.07, 6.45) is 4.26. The Labute approximate surface area is 162 Å². The first-order valence-corrected chi connectivity index (χ1v) is 9.79. The van der Waals surface area contributed by atoms with Crippen LogP contribution >= 0.6 is 0 Å². The van der Waals surface area contributed by atoms with Crippen LogP contribution in [0.25, 0.3) is 0 Å². The first-order chi connectivity index (χ1) is 13.1. The highest BCUT2D eigenvalue weighted by Gasteiger charge is 2.21. The summed E-state index contributed by atoms with van der Waals surface area (Å²) in [5.74, 6) is 0.605. The average molecular weight is 367 g/mol. The van der Waals surface area contributed by atoms with Crippen molar-refractivity contribution >= 4 is 6.03 Å². The summed E-state index contributed by atoms with van der Waals surface area (Å²) < 4.78 is 0. The van der Waals surface area contributed by atoms with Gasteiger partial charge in [-0.05, 0) is 55.5 Å². The standard InChI is InChI=1S/C22H30N4O/c1-18-15-19(10-11-23-18)16-25(2)22(27)24-12-14-26-13-6-9-21(17-26)20-7-4-3-5-8-20/h3-5,7-8,10-11,15,21H,6,9,12-14,16-17H2,1-2H3,(H,24,27)/t21-/m0/s1. The smallest absolute Gasteiger partial charge is 0.317 e. The number of aryl methyl sites for hydroxylation is 1. The number of amides is 2. The van der Waals surface area contributed by atoms with Crippen LogP contribution in [0.4, 0.5) is 4.79 Å². The number of hydrogen-bond donors (Lipinski definition) is 1. The van der Waals surface area contributed by atoms with Crippen LogP contribution in [0.15, 0.2) is 48.7 Å². The number of carbonyl (C=O) groups excluding carboxylic acids is 1. The molecule has 5 heteroatoms. The molecule has 2 amide bonds. The molecule has 1 aliphatic heterocycles. The highest BCUT2D eigenvalue weighted by molar-refractivity contribution is 5.73. The molecule has 1 atom stereocenters. The van der Waals surface area contributed by atoms with Crippen molar-refractivity contribution in [2.45, 2.75) is 32.2 Å². The molecule has 1 aromatic heterocycles. The third kappa shape index (κ3) is 5.79. The maximum atomic E-state index is 12.3. The number of likely N-dealkylation sites (tertiary alicyclic amines) is 1. The van der Waals surface area contributed by atoms with Crippen molar-refractivity contribution in [1.29, 1.82) is 0 Å². The molecular weight excluding hydrogens is 336 g/mol. The molecule has 1 aromatic carbocycles. The SMILES string of the molecule is Cc1cc(CN(C)C(=O)NCCN2CCC[C@H](c3ccccc3)C2)ccn1. The number of pyridine rings is 1. The van der Waals surface area contributed by atoms with Crippen LogP contribution in [0.5, 0.6) is 0 Å². The van der Waals surface area contributed by atoms with E-state index in [1.165, 1.54) is 18.4 Å². The summed E-state index contributed by atoms with van der Waals surface area (Å²) >= 11 is 0. The zero-order valence-electron chi connectivity index (χ0n) is 16.4. The number of rotatable bonds is 6. The van der Waals surface area contributed by atoms with Crippen molar-refractivity contribution in [2.75, 3.05) is 33.2 Å². The average Bonchev–Trinajstić information content (AvgIpc) is 2.69. The number of piperidine rings is 1. The van der Waals surface area contributed by atoms with Gasteiger partial charge in [-0.1, -0.05) is 30.3 Å². The molecule has 0 aliphatic carbocycles. The predicted molar refractivity (Wildman–Crippen MR) is 109 cm³/mol. The van der Waals surface area contributed by atoms with Gasteiger partial charge in [0.2, 0.25) is 0 Å². The number of urea groups is 1. The Kier molecular flexibility index (Phi) is 6.82. The van der Waals surface area contributed by atoms with E-state index >= 15 is 0 Å². The number of aromatic nitrogens is 1. The largest absolute Gasteiger partial charge is 0.337 e. The molecule has 144 valence electrons. The quantitative estimate of drug-likeness (QED) is 0.852. The van der Waals surface area contributed by atoms with Gasteiger partial charge >= 0.3 is 6.03 Å². The molecule has 27 heavy (non-hydrogen) atoms. The Bertz CT molecular complexity index is 734. The normalized spacial score (nSPS) is 17.5. The lowest BCUT2D eigenvalue weighted by Gasteiger charge is -2.33. The third-order valence-corrected chi connectivity index (χ3v) is 5.21. The fraction of sp³-hybridized carbons (Fsp3) is 0.455. The Hall–Kier alpha value is -2.40. The Morgan fingerprint density at radius 1 is 1.30 bits per heavy atom. The molecule has 0 saturated carbocycles. The molecule has 1 aliphatic rings. The summed E-state index contributed by atoms with van der Waals surface area (Å²) in [6.45, 7) is 6.33. The third-order valence-electron chi connectivity index (χ3n) is 5.21. The van der Waals surface area contributed by atoms with E-state index in [1.807, 2.05) is 26.1 Å². The fourth-order valence-corrected chi connectivity index (χ4v) is 3.76. The minimum absolute atomic E-state index is 0.0268. The van der Waals surface area contributed by atoms with Gasteiger partial charge in [0.25, 0.3) is 0 Å². The van der Waals surface area contributed by atoms with Crippen LogP contribution in [0.2, 0.25) is 0 Å². The van der Waals surface area contributed by atoms with E-state index < -0.39 is 0 Å². The summed E-state index contributed by atoms with van der Waals surface area (Å²) in [7, 11) is 1.83. The van der Waals surface area contributed by atoms with Gasteiger partial charge in [0.15, 0.2) is 0 Å². The molecule has 3 rings (SSSR count). The van der Waals surface area contributed by atoms with Crippen LogP contribution < -0.4 is 5.32 Å². The van der Waals surface area contributed by atoms with Crippen LogP contribution in [0, 0.1) is 6.92 Å². The topological polar surface area (TPSA) is 48.5 Å². The lowest BCUT2D eigenvalue weighted by molar-refractivity contribution is 0.192. The Morgan fingerprint density at radius 3 is 2.89 bits per heavy atom. The summed E-state index contributed by atoms with van der Waals surface area (Å²) in [5, 5.41) is 3.05. The van der Waals surface area contributed by atoms with E-state index in [-0.39, 0.29) is 6.03 Å². The number of nitrogens with one attached hydrogen (secondary N) is 1. The van der Waals surface area contributed by atoms with Gasteiger partial charge in [-0.3, -0.25) is 4.98 Å². The van der Waals surface area contributed by atoms with Crippen LogP contribution in [-0.4, -0.2) is 54.0 Å².